The quantitative estimate of drug-likeness (QED) is 0.0588. The molecule has 6 amide bonds. The first kappa shape index (κ1) is 44.6. The van der Waals surface area contributed by atoms with Crippen molar-refractivity contribution in [2.45, 2.75) is 71.4 Å². The number of halogens is 3. The number of Topliss-reactive ketones (excluding diaryl/α,β-unsaturated/α-hetero) is 1. The molecule has 304 valence electrons. The lowest BCUT2D eigenvalue weighted by molar-refractivity contribution is -0.137. The van der Waals surface area contributed by atoms with Gasteiger partial charge >= 0.3 is 6.03 Å². The van der Waals surface area contributed by atoms with Gasteiger partial charge in [0.2, 0.25) is 11.8 Å². The van der Waals surface area contributed by atoms with Gasteiger partial charge in [0.1, 0.15) is 12.4 Å². The van der Waals surface area contributed by atoms with Crippen LogP contribution in [-0.4, -0.2) is 59.5 Å². The van der Waals surface area contributed by atoms with Gasteiger partial charge in [-0.15, -0.1) is 0 Å². The third kappa shape index (κ3) is 14.4. The molecule has 0 fully saturated rings. The maximum absolute atomic E-state index is 13.6. The summed E-state index contributed by atoms with van der Waals surface area (Å²) in [5.74, 6) is -1.55. The number of urea groups is 1. The van der Waals surface area contributed by atoms with Crippen molar-refractivity contribution in [3.05, 3.63) is 93.4 Å². The van der Waals surface area contributed by atoms with Crippen molar-refractivity contribution < 1.29 is 38.2 Å². The first-order chi connectivity index (χ1) is 27.2. The lowest BCUT2D eigenvalue weighted by Crippen LogP contribution is -2.45. The number of nitrogens with one attached hydrogen (secondary N) is 3. The number of imide groups is 1. The molecule has 0 saturated heterocycles. The zero-order chi connectivity index (χ0) is 41.5. The topological polar surface area (TPSA) is 186 Å². The van der Waals surface area contributed by atoms with E-state index in [1.54, 1.807) is 60.7 Å². The van der Waals surface area contributed by atoms with Gasteiger partial charge in [-0.2, -0.15) is 0 Å². The molecule has 1 heterocycles. The van der Waals surface area contributed by atoms with Crippen LogP contribution in [0.15, 0.2) is 72.8 Å². The summed E-state index contributed by atoms with van der Waals surface area (Å²) >= 11 is 18.5. The van der Waals surface area contributed by atoms with Gasteiger partial charge in [0, 0.05) is 65.8 Å². The monoisotopic (exact) mass is 841 g/mol. The van der Waals surface area contributed by atoms with Crippen LogP contribution in [-0.2, 0) is 30.6 Å². The summed E-state index contributed by atoms with van der Waals surface area (Å²) in [6.45, 7) is 4.26. The van der Waals surface area contributed by atoms with Crippen LogP contribution < -0.4 is 31.2 Å². The summed E-state index contributed by atoms with van der Waals surface area (Å²) in [5, 5.41) is 9.45. The number of hydrogen-bond acceptors (Lipinski definition) is 8. The summed E-state index contributed by atoms with van der Waals surface area (Å²) < 4.78 is 12.0. The second-order valence-electron chi connectivity index (χ2n) is 13.8. The van der Waals surface area contributed by atoms with E-state index in [1.807, 2.05) is 13.8 Å². The Morgan fingerprint density at radius 1 is 0.807 bits per heavy atom. The molecule has 3 aromatic rings. The maximum atomic E-state index is 13.6. The molecule has 0 aliphatic carbocycles. The predicted molar refractivity (Wildman–Crippen MR) is 218 cm³/mol. The lowest BCUT2D eigenvalue weighted by atomic mass is 9.89. The fourth-order valence-electron chi connectivity index (χ4n) is 5.95. The molecule has 2 atom stereocenters. The minimum Gasteiger partial charge on any atom is -0.485 e. The Bertz CT molecular complexity index is 1940. The van der Waals surface area contributed by atoms with E-state index in [-0.39, 0.29) is 68.4 Å². The Morgan fingerprint density at radius 3 is 2.12 bits per heavy atom. The molecule has 5 N–H and O–H groups in total. The highest BCUT2D eigenvalue weighted by atomic mass is 35.5. The largest absolute Gasteiger partial charge is 0.485 e. The number of hydrogen-bond donors (Lipinski definition) is 4. The first-order valence-electron chi connectivity index (χ1n) is 18.5. The molecule has 1 aliphatic rings. The van der Waals surface area contributed by atoms with Crippen molar-refractivity contribution in [1.29, 1.82) is 0 Å². The molecule has 0 aromatic heterocycles. The van der Waals surface area contributed by atoms with Crippen LogP contribution in [0.25, 0.3) is 0 Å². The molecule has 0 spiro atoms. The summed E-state index contributed by atoms with van der Waals surface area (Å²) in [6, 6.07) is 15.3. The molecule has 16 heteroatoms. The molecule has 0 saturated carbocycles. The zero-order valence-electron chi connectivity index (χ0n) is 31.7. The lowest BCUT2D eigenvalue weighted by Gasteiger charge is -2.24. The molecular formula is C41H46Cl3N5O8. The van der Waals surface area contributed by atoms with Crippen LogP contribution in [0.4, 0.5) is 10.5 Å². The molecule has 1 aliphatic heterocycles. The third-order valence-corrected chi connectivity index (χ3v) is 9.76. The molecule has 57 heavy (non-hydrogen) atoms. The normalized spacial score (nSPS) is 13.3. The number of rotatable bonds is 22. The Kier molecular flexibility index (Phi) is 17.2. The smallest absolute Gasteiger partial charge is 0.312 e. The average Bonchev–Trinajstić information content (AvgIpc) is 3.48. The van der Waals surface area contributed by atoms with E-state index in [9.17, 15) is 28.8 Å². The fourth-order valence-corrected chi connectivity index (χ4v) is 6.56. The van der Waals surface area contributed by atoms with Crippen LogP contribution in [0.5, 0.6) is 17.2 Å². The highest BCUT2D eigenvalue weighted by molar-refractivity contribution is 6.35. The van der Waals surface area contributed by atoms with Crippen LogP contribution in [0, 0.1) is 11.8 Å². The maximum Gasteiger partial charge on any atom is 0.312 e. The highest BCUT2D eigenvalue weighted by Gasteiger charge is 2.29. The van der Waals surface area contributed by atoms with Crippen LogP contribution in [0.2, 0.25) is 15.1 Å². The van der Waals surface area contributed by atoms with Gasteiger partial charge in [0.05, 0.1) is 11.1 Å². The summed E-state index contributed by atoms with van der Waals surface area (Å²) in [4.78, 5) is 75.9. The van der Waals surface area contributed by atoms with E-state index in [2.05, 4.69) is 16.0 Å². The van der Waals surface area contributed by atoms with Gasteiger partial charge in [0.15, 0.2) is 17.3 Å². The fraction of sp³-hybridized carbons (Fsp3) is 0.366. The number of anilines is 1. The first-order valence-corrected chi connectivity index (χ1v) is 19.7. The van der Waals surface area contributed by atoms with E-state index in [1.165, 1.54) is 12.2 Å². The molecule has 4 rings (SSSR count). The molecule has 13 nitrogen and oxygen atoms in total. The highest BCUT2D eigenvalue weighted by Crippen LogP contribution is 2.38. The van der Waals surface area contributed by atoms with Crippen molar-refractivity contribution in [3.63, 3.8) is 0 Å². The van der Waals surface area contributed by atoms with Gasteiger partial charge in [-0.1, -0.05) is 67.2 Å². The zero-order valence-corrected chi connectivity index (χ0v) is 33.9. The second kappa shape index (κ2) is 22.0. The number of unbranched alkanes of at least 4 members (excludes halogenated alkanes) is 2. The summed E-state index contributed by atoms with van der Waals surface area (Å²) in [6.07, 6.45) is 4.81. The van der Waals surface area contributed by atoms with E-state index in [0.29, 0.717) is 63.7 Å². The number of amides is 6. The number of nitrogens with zero attached hydrogens (tertiary/aromatic N) is 1. The minimum absolute atomic E-state index is 0.143. The number of ether oxygens (including phenoxy) is 2. The standard InChI is InChI=1S/C41H46Cl3N5O8/c1-25(2)39(48-36(51)8-4-3-5-20-49-37(52)17-18-38(49)53)32(50)21-27(7-6-19-46-41(45)55)40(54)47-30-13-9-26(10-14-30)24-56-35-23-29(43)12-16-34(35)57-33-15-11-28(42)22-31(33)44/h9-18,22-23,25,27,39H,3-8,19-21,24H2,1-2H3,(H,47,54)(H,48,51)(H3,45,46,55)/t27-,39+/m1/s1. The Morgan fingerprint density at radius 2 is 1.47 bits per heavy atom. The van der Waals surface area contributed by atoms with Crippen molar-refractivity contribution in [1.82, 2.24) is 15.5 Å². The van der Waals surface area contributed by atoms with Crippen molar-refractivity contribution in [3.8, 4) is 17.2 Å². The Hall–Kier alpha value is -5.11. The number of carbonyl (C=O) groups excluding carboxylic acids is 6. The minimum atomic E-state index is -0.824. The average molecular weight is 843 g/mol. The molecule has 0 radical (unpaired) electrons. The van der Waals surface area contributed by atoms with Crippen molar-refractivity contribution >= 4 is 75.9 Å². The SMILES string of the molecule is CC(C)[C@H](NC(=O)CCCCCN1C(=O)C=CC1=O)C(=O)C[C@@H](CCCNC(N)=O)C(=O)Nc1ccc(COc2cc(Cl)ccc2Oc2ccc(Cl)cc2Cl)cc1. The van der Waals surface area contributed by atoms with Gasteiger partial charge < -0.3 is 31.2 Å². The Balaban J connectivity index is 1.33. The number of ketones is 1. The third-order valence-electron chi connectivity index (χ3n) is 9.00. The van der Waals surface area contributed by atoms with E-state index in [0.717, 1.165) is 10.5 Å². The summed E-state index contributed by atoms with van der Waals surface area (Å²) in [5.41, 5.74) is 6.46. The molecular weight excluding hydrogens is 797 g/mol. The predicted octanol–water partition coefficient (Wildman–Crippen LogP) is 7.61. The summed E-state index contributed by atoms with van der Waals surface area (Å²) in [7, 11) is 0. The van der Waals surface area contributed by atoms with Crippen LogP contribution in [0.3, 0.4) is 0 Å². The van der Waals surface area contributed by atoms with Gasteiger partial charge in [0.25, 0.3) is 11.8 Å². The van der Waals surface area contributed by atoms with Crippen molar-refractivity contribution in [2.24, 2.45) is 17.6 Å². The van der Waals surface area contributed by atoms with Crippen LogP contribution in [0.1, 0.15) is 64.4 Å². The number of nitrogens with two attached hydrogens (primary N) is 1. The number of carbonyl (C=O) groups is 6. The van der Waals surface area contributed by atoms with Gasteiger partial charge in [-0.25, -0.2) is 4.79 Å². The molecule has 3 aromatic carbocycles. The van der Waals surface area contributed by atoms with Gasteiger partial charge in [-0.3, -0.25) is 28.9 Å². The van der Waals surface area contributed by atoms with E-state index in [4.69, 9.17) is 50.0 Å². The van der Waals surface area contributed by atoms with E-state index >= 15 is 0 Å². The number of primary amides is 1. The Labute approximate surface area is 346 Å². The van der Waals surface area contributed by atoms with Gasteiger partial charge in [-0.05, 0) is 79.6 Å². The molecule has 0 unspecified atom stereocenters. The van der Waals surface area contributed by atoms with Crippen molar-refractivity contribution in [2.75, 3.05) is 18.4 Å². The second-order valence-corrected chi connectivity index (χ2v) is 15.1. The van der Waals surface area contributed by atoms with Crippen LogP contribution >= 0.6 is 34.8 Å². The molecule has 0 bridgehead atoms. The van der Waals surface area contributed by atoms with E-state index < -0.39 is 23.9 Å². The number of benzene rings is 3.